The van der Waals surface area contributed by atoms with Crippen LogP contribution in [0, 0.1) is 23.6 Å². The summed E-state index contributed by atoms with van der Waals surface area (Å²) in [6.45, 7) is 4.41. The van der Waals surface area contributed by atoms with E-state index in [9.17, 15) is 0 Å². The molecule has 0 nitrogen and oxygen atoms in total. The Labute approximate surface area is 180 Å². The van der Waals surface area contributed by atoms with E-state index in [-0.39, 0.29) is 5.82 Å². The zero-order valence-corrected chi connectivity index (χ0v) is 18.2. The van der Waals surface area contributed by atoms with Crippen molar-refractivity contribution in [3.63, 3.8) is 0 Å². The first-order valence-corrected chi connectivity index (χ1v) is 11.5. The van der Waals surface area contributed by atoms with E-state index in [1.807, 2.05) is 24.3 Å². The Kier molecular flexibility index (Phi) is 6.53. The van der Waals surface area contributed by atoms with E-state index in [1.165, 1.54) is 31.2 Å². The Morgan fingerprint density at radius 2 is 1.53 bits per heavy atom. The van der Waals surface area contributed by atoms with Crippen molar-refractivity contribution in [3.05, 3.63) is 82.7 Å². The number of fused-ring (bicyclic) bond motifs is 1. The van der Waals surface area contributed by atoms with E-state index in [2.05, 4.69) is 56.0 Å². The van der Waals surface area contributed by atoms with Crippen molar-refractivity contribution >= 4 is 10.8 Å². The van der Waals surface area contributed by atoms with E-state index in [0.717, 1.165) is 52.6 Å². The Bertz CT molecular complexity index is 1060. The fraction of sp³-hybridized carbons (Fsp3) is 0.379. The van der Waals surface area contributed by atoms with E-state index >= 15 is 4.39 Å². The van der Waals surface area contributed by atoms with E-state index < -0.39 is 0 Å². The van der Waals surface area contributed by atoms with Crippen molar-refractivity contribution in [2.24, 2.45) is 5.92 Å². The van der Waals surface area contributed by atoms with E-state index in [0.29, 0.717) is 5.92 Å². The smallest absolute Gasteiger partial charge is 0.134 e. The molecule has 1 saturated carbocycles. The Balaban J connectivity index is 1.53. The molecule has 154 valence electrons. The van der Waals surface area contributed by atoms with Gasteiger partial charge in [0.05, 0.1) is 0 Å². The topological polar surface area (TPSA) is 0 Å². The lowest BCUT2D eigenvalue weighted by Crippen LogP contribution is -2.14. The summed E-state index contributed by atoms with van der Waals surface area (Å²) in [7, 11) is 0. The molecule has 0 atom stereocenters. The average Bonchev–Trinajstić information content (AvgIpc) is 2.79. The quantitative estimate of drug-likeness (QED) is 0.390. The van der Waals surface area contributed by atoms with Crippen molar-refractivity contribution in [3.8, 4) is 11.8 Å². The first-order chi connectivity index (χ1) is 14.7. The highest BCUT2D eigenvalue weighted by molar-refractivity contribution is 5.85. The van der Waals surface area contributed by atoms with Gasteiger partial charge in [-0.05, 0) is 84.7 Å². The Morgan fingerprint density at radius 1 is 0.833 bits per heavy atom. The lowest BCUT2D eigenvalue weighted by atomic mass is 9.77. The first-order valence-electron chi connectivity index (χ1n) is 11.5. The fourth-order valence-corrected chi connectivity index (χ4v) is 4.84. The van der Waals surface area contributed by atoms with Crippen molar-refractivity contribution < 1.29 is 4.39 Å². The summed E-state index contributed by atoms with van der Waals surface area (Å²) < 4.78 is 15.3. The van der Waals surface area contributed by atoms with Crippen molar-refractivity contribution in [2.45, 2.75) is 64.7 Å². The maximum Gasteiger partial charge on any atom is 0.134 e. The molecule has 0 spiro atoms. The summed E-state index contributed by atoms with van der Waals surface area (Å²) in [5.41, 5.74) is 4.16. The van der Waals surface area contributed by atoms with Crippen LogP contribution >= 0.6 is 0 Å². The number of rotatable bonds is 4. The summed E-state index contributed by atoms with van der Waals surface area (Å²) in [5, 5.41) is 1.66. The molecule has 1 aliphatic carbocycles. The van der Waals surface area contributed by atoms with Crippen LogP contribution in [0.25, 0.3) is 10.8 Å². The number of aryl methyl sites for hydroxylation is 1. The second-order valence-electron chi connectivity index (χ2n) is 8.71. The largest absolute Gasteiger partial charge is 0.206 e. The predicted octanol–water partition coefficient (Wildman–Crippen LogP) is 8.02. The third-order valence-electron chi connectivity index (χ3n) is 6.68. The lowest BCUT2D eigenvalue weighted by molar-refractivity contribution is 0.305. The van der Waals surface area contributed by atoms with Crippen LogP contribution in [0.3, 0.4) is 0 Å². The molecule has 3 aromatic rings. The van der Waals surface area contributed by atoms with Gasteiger partial charge in [-0.2, -0.15) is 0 Å². The van der Waals surface area contributed by atoms with Gasteiger partial charge in [-0.25, -0.2) is 4.39 Å². The van der Waals surface area contributed by atoms with E-state index in [1.54, 1.807) is 0 Å². The van der Waals surface area contributed by atoms with Crippen LogP contribution in [0.2, 0.25) is 0 Å². The van der Waals surface area contributed by atoms with Crippen molar-refractivity contribution in [1.29, 1.82) is 0 Å². The minimum atomic E-state index is -0.0268. The van der Waals surface area contributed by atoms with Crippen molar-refractivity contribution in [1.82, 2.24) is 0 Å². The monoisotopic (exact) mass is 398 g/mol. The third kappa shape index (κ3) is 4.59. The highest BCUT2D eigenvalue weighted by Crippen LogP contribution is 2.39. The summed E-state index contributed by atoms with van der Waals surface area (Å²) in [6.07, 6.45) is 8.33. The number of halogens is 1. The molecular formula is C29H31F. The molecule has 30 heavy (non-hydrogen) atoms. The molecule has 0 aliphatic heterocycles. The molecule has 1 aliphatic rings. The van der Waals surface area contributed by atoms with Gasteiger partial charge in [0.2, 0.25) is 0 Å². The molecule has 4 rings (SSSR count). The van der Waals surface area contributed by atoms with Crippen LogP contribution in [0.1, 0.15) is 80.5 Å². The molecule has 1 fully saturated rings. The van der Waals surface area contributed by atoms with Crippen LogP contribution < -0.4 is 0 Å². The van der Waals surface area contributed by atoms with Gasteiger partial charge in [0.1, 0.15) is 5.82 Å². The van der Waals surface area contributed by atoms with Gasteiger partial charge in [-0.3, -0.25) is 0 Å². The zero-order valence-electron chi connectivity index (χ0n) is 18.2. The van der Waals surface area contributed by atoms with Crippen molar-refractivity contribution in [2.75, 3.05) is 0 Å². The fourth-order valence-electron chi connectivity index (χ4n) is 4.84. The number of hydrogen-bond donors (Lipinski definition) is 0. The molecular weight excluding hydrogens is 367 g/mol. The lowest BCUT2D eigenvalue weighted by Gasteiger charge is -2.29. The van der Waals surface area contributed by atoms with Crippen LogP contribution in [-0.2, 0) is 6.42 Å². The second-order valence-corrected chi connectivity index (χ2v) is 8.71. The van der Waals surface area contributed by atoms with Crippen LogP contribution in [-0.4, -0.2) is 0 Å². The summed E-state index contributed by atoms with van der Waals surface area (Å²) in [5.74, 6) is 7.64. The van der Waals surface area contributed by atoms with Gasteiger partial charge in [0.15, 0.2) is 0 Å². The van der Waals surface area contributed by atoms with Gasteiger partial charge in [-0.15, -0.1) is 0 Å². The zero-order chi connectivity index (χ0) is 20.9. The summed E-state index contributed by atoms with van der Waals surface area (Å²) in [6, 6.07) is 18.3. The standard InChI is InChI=1S/C29H31F/c1-3-5-22-12-15-25(16-13-22)27-19-17-26-20-24(14-18-28(26)29(27)30)11-10-23-8-6-21(4-2)7-9-23/h6-9,14,17-20,22,25H,3-5,12-13,15-16H2,1-2H3. The molecule has 0 bridgehead atoms. The minimum Gasteiger partial charge on any atom is -0.206 e. The normalized spacial score (nSPS) is 18.8. The number of hydrogen-bond acceptors (Lipinski definition) is 0. The molecule has 0 radical (unpaired) electrons. The molecule has 0 saturated heterocycles. The highest BCUT2D eigenvalue weighted by atomic mass is 19.1. The minimum absolute atomic E-state index is 0.0268. The Morgan fingerprint density at radius 3 is 2.23 bits per heavy atom. The van der Waals surface area contributed by atoms with Gasteiger partial charge in [-0.1, -0.05) is 68.9 Å². The second kappa shape index (κ2) is 9.48. The average molecular weight is 399 g/mol. The maximum absolute atomic E-state index is 15.3. The Hall–Kier alpha value is -2.59. The van der Waals surface area contributed by atoms with Gasteiger partial charge in [0.25, 0.3) is 0 Å². The van der Waals surface area contributed by atoms with Gasteiger partial charge < -0.3 is 0 Å². The van der Waals surface area contributed by atoms with Crippen LogP contribution in [0.4, 0.5) is 4.39 Å². The van der Waals surface area contributed by atoms with Crippen LogP contribution in [0.5, 0.6) is 0 Å². The summed E-state index contributed by atoms with van der Waals surface area (Å²) in [4.78, 5) is 0. The SMILES string of the molecule is CCCC1CCC(c2ccc3cc(C#Cc4ccc(CC)cc4)ccc3c2F)CC1. The molecule has 0 aromatic heterocycles. The summed E-state index contributed by atoms with van der Waals surface area (Å²) >= 11 is 0. The molecule has 0 heterocycles. The maximum atomic E-state index is 15.3. The molecule has 0 unspecified atom stereocenters. The van der Waals surface area contributed by atoms with E-state index in [4.69, 9.17) is 0 Å². The molecule has 0 amide bonds. The van der Waals surface area contributed by atoms with Crippen LogP contribution in [0.15, 0.2) is 54.6 Å². The van der Waals surface area contributed by atoms with Gasteiger partial charge >= 0.3 is 0 Å². The van der Waals surface area contributed by atoms with Gasteiger partial charge in [0, 0.05) is 16.5 Å². The highest BCUT2D eigenvalue weighted by Gasteiger charge is 2.24. The number of benzene rings is 3. The third-order valence-corrected chi connectivity index (χ3v) is 6.68. The molecule has 3 aromatic carbocycles. The first kappa shape index (κ1) is 20.7. The molecule has 1 heteroatoms. The molecule has 0 N–H and O–H groups in total. The predicted molar refractivity (Wildman–Crippen MR) is 125 cm³/mol.